The number of hydrogen-bond donors (Lipinski definition) is 0. The van der Waals surface area contributed by atoms with Crippen LogP contribution in [0.15, 0.2) is 60.7 Å². The molecule has 0 bridgehead atoms. The molecule has 0 fully saturated rings. The summed E-state index contributed by atoms with van der Waals surface area (Å²) >= 11 is 6.24. The van der Waals surface area contributed by atoms with Crippen LogP contribution in [0.5, 0.6) is 0 Å². The molecule has 2 heteroatoms. The fourth-order valence-corrected chi connectivity index (χ4v) is 3.37. The maximum atomic E-state index is 14.3. The second-order valence-corrected chi connectivity index (χ2v) is 6.66. The predicted molar refractivity (Wildman–Crippen MR) is 106 cm³/mol. The van der Waals surface area contributed by atoms with Gasteiger partial charge in [0, 0.05) is 5.56 Å². The van der Waals surface area contributed by atoms with E-state index in [-0.39, 0.29) is 10.8 Å². The summed E-state index contributed by atoms with van der Waals surface area (Å²) in [6, 6.07) is 20.5. The average Bonchev–Trinajstić information content (AvgIpc) is 2.65. The van der Waals surface area contributed by atoms with Gasteiger partial charge in [-0.1, -0.05) is 92.5 Å². The third-order valence-corrected chi connectivity index (χ3v) is 4.93. The molecule has 0 saturated carbocycles. The molecular weight excluding hydrogens is 331 g/mol. The molecule has 3 aromatic carbocycles. The van der Waals surface area contributed by atoms with Gasteiger partial charge in [-0.15, -0.1) is 0 Å². The Morgan fingerprint density at radius 1 is 0.760 bits per heavy atom. The third kappa shape index (κ3) is 3.77. The van der Waals surface area contributed by atoms with Gasteiger partial charge >= 0.3 is 0 Å². The van der Waals surface area contributed by atoms with E-state index in [1.165, 1.54) is 11.1 Å². The van der Waals surface area contributed by atoms with Crippen molar-refractivity contribution >= 4 is 11.6 Å². The normalized spacial score (nSPS) is 10.9. The summed E-state index contributed by atoms with van der Waals surface area (Å²) < 4.78 is 14.3. The lowest BCUT2D eigenvalue weighted by Gasteiger charge is -2.10. The van der Waals surface area contributed by atoms with Crippen LogP contribution in [0.4, 0.5) is 4.39 Å². The van der Waals surface area contributed by atoms with E-state index >= 15 is 0 Å². The number of hydrogen-bond acceptors (Lipinski definition) is 0. The first-order valence-corrected chi connectivity index (χ1v) is 9.18. The van der Waals surface area contributed by atoms with E-state index in [0.29, 0.717) is 12.0 Å². The van der Waals surface area contributed by atoms with Crippen LogP contribution in [-0.4, -0.2) is 0 Å². The van der Waals surface area contributed by atoms with Crippen molar-refractivity contribution in [2.24, 2.45) is 0 Å². The maximum Gasteiger partial charge on any atom is 0.145 e. The summed E-state index contributed by atoms with van der Waals surface area (Å²) in [6.07, 6.45) is 2.90. The van der Waals surface area contributed by atoms with E-state index in [1.807, 2.05) is 31.2 Å². The minimum Gasteiger partial charge on any atom is -0.205 e. The van der Waals surface area contributed by atoms with Gasteiger partial charge in [-0.2, -0.15) is 0 Å². The highest BCUT2D eigenvalue weighted by molar-refractivity contribution is 6.33. The summed E-state index contributed by atoms with van der Waals surface area (Å²) in [6.45, 7) is 4.11. The number of aryl methyl sites for hydroxylation is 2. The van der Waals surface area contributed by atoms with Crippen molar-refractivity contribution < 1.29 is 4.39 Å². The second kappa shape index (κ2) is 7.84. The molecule has 0 atom stereocenters. The first kappa shape index (κ1) is 17.7. The molecule has 25 heavy (non-hydrogen) atoms. The summed E-state index contributed by atoms with van der Waals surface area (Å²) in [5.74, 6) is -0.308. The lowest BCUT2D eigenvalue weighted by atomic mass is 9.98. The van der Waals surface area contributed by atoms with Crippen LogP contribution in [-0.2, 0) is 12.8 Å². The standard InChI is InChI=1S/C23H22ClF/c1-3-5-16-6-8-18(9-7-16)19-10-12-20(13-11-19)21-15-14-17(4-2)23(25)22(21)24/h6-15H,3-5H2,1-2H3. The Kier molecular flexibility index (Phi) is 5.55. The molecule has 0 aromatic heterocycles. The number of halogens is 2. The SMILES string of the molecule is CCCc1ccc(-c2ccc(-c3ccc(CC)c(F)c3Cl)cc2)cc1. The predicted octanol–water partition coefficient (Wildman–Crippen LogP) is 7.33. The Morgan fingerprint density at radius 2 is 1.32 bits per heavy atom. The van der Waals surface area contributed by atoms with E-state index < -0.39 is 0 Å². The summed E-state index contributed by atoms with van der Waals surface area (Å²) in [4.78, 5) is 0. The van der Waals surface area contributed by atoms with E-state index in [2.05, 4.69) is 43.3 Å². The van der Waals surface area contributed by atoms with Gasteiger partial charge in [-0.25, -0.2) is 4.39 Å². The first-order valence-electron chi connectivity index (χ1n) is 8.80. The van der Waals surface area contributed by atoms with Gasteiger partial charge in [-0.3, -0.25) is 0 Å². The quantitative estimate of drug-likeness (QED) is 0.451. The molecule has 3 aromatic rings. The highest BCUT2D eigenvalue weighted by atomic mass is 35.5. The number of rotatable bonds is 5. The van der Waals surface area contributed by atoms with E-state index in [1.54, 1.807) is 0 Å². The molecule has 0 radical (unpaired) electrons. The Hall–Kier alpha value is -2.12. The molecule has 128 valence electrons. The van der Waals surface area contributed by atoms with Crippen LogP contribution in [0, 0.1) is 5.82 Å². The minimum atomic E-state index is -0.308. The molecule has 3 rings (SSSR count). The highest BCUT2D eigenvalue weighted by Crippen LogP contribution is 2.33. The zero-order chi connectivity index (χ0) is 17.8. The molecule has 0 aliphatic rings. The van der Waals surface area contributed by atoms with Crippen molar-refractivity contribution in [2.75, 3.05) is 0 Å². The smallest absolute Gasteiger partial charge is 0.145 e. The van der Waals surface area contributed by atoms with Gasteiger partial charge in [0.1, 0.15) is 5.82 Å². The topological polar surface area (TPSA) is 0 Å². The van der Waals surface area contributed by atoms with Gasteiger partial charge in [0.05, 0.1) is 5.02 Å². The summed E-state index contributed by atoms with van der Waals surface area (Å²) in [7, 11) is 0. The van der Waals surface area contributed by atoms with Crippen LogP contribution < -0.4 is 0 Å². The van der Waals surface area contributed by atoms with Gasteiger partial charge in [0.25, 0.3) is 0 Å². The Bertz CT molecular complexity index is 849. The zero-order valence-corrected chi connectivity index (χ0v) is 15.4. The molecule has 0 nitrogen and oxygen atoms in total. The monoisotopic (exact) mass is 352 g/mol. The second-order valence-electron chi connectivity index (χ2n) is 6.28. The minimum absolute atomic E-state index is 0.205. The molecule has 0 aliphatic carbocycles. The molecule has 0 heterocycles. The third-order valence-electron chi connectivity index (χ3n) is 4.57. The summed E-state index contributed by atoms with van der Waals surface area (Å²) in [5, 5.41) is 0.205. The molecule has 0 aliphatic heterocycles. The average molecular weight is 353 g/mol. The maximum absolute atomic E-state index is 14.3. The zero-order valence-electron chi connectivity index (χ0n) is 14.7. The van der Waals surface area contributed by atoms with Crippen molar-refractivity contribution in [2.45, 2.75) is 33.1 Å². The van der Waals surface area contributed by atoms with Crippen LogP contribution >= 0.6 is 11.6 Å². The Labute approximate surface area is 154 Å². The van der Waals surface area contributed by atoms with Crippen LogP contribution in [0.25, 0.3) is 22.3 Å². The van der Waals surface area contributed by atoms with Crippen molar-refractivity contribution in [1.82, 2.24) is 0 Å². The number of benzene rings is 3. The van der Waals surface area contributed by atoms with E-state index in [9.17, 15) is 4.39 Å². The van der Waals surface area contributed by atoms with Gasteiger partial charge in [0.15, 0.2) is 0 Å². The van der Waals surface area contributed by atoms with Crippen LogP contribution in [0.2, 0.25) is 5.02 Å². The van der Waals surface area contributed by atoms with Crippen molar-refractivity contribution in [3.8, 4) is 22.3 Å². The van der Waals surface area contributed by atoms with Gasteiger partial charge < -0.3 is 0 Å². The van der Waals surface area contributed by atoms with E-state index in [0.717, 1.165) is 29.5 Å². The Balaban J connectivity index is 1.89. The van der Waals surface area contributed by atoms with E-state index in [4.69, 9.17) is 11.6 Å². The molecule has 0 spiro atoms. The fourth-order valence-electron chi connectivity index (χ4n) is 3.08. The molecular formula is C23H22ClF. The molecule has 0 saturated heterocycles. The largest absolute Gasteiger partial charge is 0.205 e. The van der Waals surface area contributed by atoms with Gasteiger partial charge in [-0.05, 0) is 40.7 Å². The molecule has 0 amide bonds. The van der Waals surface area contributed by atoms with Crippen LogP contribution in [0.1, 0.15) is 31.4 Å². The van der Waals surface area contributed by atoms with Crippen LogP contribution in [0.3, 0.4) is 0 Å². The first-order chi connectivity index (χ1) is 12.1. The molecule has 0 N–H and O–H groups in total. The fraction of sp³-hybridized carbons (Fsp3) is 0.217. The van der Waals surface area contributed by atoms with Crippen molar-refractivity contribution in [3.63, 3.8) is 0 Å². The lowest BCUT2D eigenvalue weighted by molar-refractivity contribution is 0.613. The van der Waals surface area contributed by atoms with Gasteiger partial charge in [0.2, 0.25) is 0 Å². The summed E-state index contributed by atoms with van der Waals surface area (Å²) in [5.41, 5.74) is 6.01. The highest BCUT2D eigenvalue weighted by Gasteiger charge is 2.12. The Morgan fingerprint density at radius 3 is 1.88 bits per heavy atom. The van der Waals surface area contributed by atoms with Crippen molar-refractivity contribution in [1.29, 1.82) is 0 Å². The van der Waals surface area contributed by atoms with Crippen molar-refractivity contribution in [3.05, 3.63) is 82.6 Å². The lowest BCUT2D eigenvalue weighted by Crippen LogP contribution is -1.91. The molecule has 0 unspecified atom stereocenters.